The summed E-state index contributed by atoms with van der Waals surface area (Å²) in [5.74, 6) is -4.73. The summed E-state index contributed by atoms with van der Waals surface area (Å²) >= 11 is 0. The molecule has 0 aromatic carbocycles. The fourth-order valence-corrected chi connectivity index (χ4v) is 1.44. The molecule has 0 saturated heterocycles. The zero-order valence-electron chi connectivity index (χ0n) is 13.5. The molecular formula is C13H22N4O7. The van der Waals surface area contributed by atoms with E-state index < -0.39 is 60.2 Å². The zero-order chi connectivity index (χ0) is 19.0. The Morgan fingerprint density at radius 2 is 1.21 bits per heavy atom. The molecule has 7 N–H and O–H groups in total. The number of carboxylic acids is 2. The van der Waals surface area contributed by atoms with Gasteiger partial charge in [0.25, 0.3) is 0 Å². The summed E-state index contributed by atoms with van der Waals surface area (Å²) in [7, 11) is 0. The molecule has 0 aliphatic rings. The Kier molecular flexibility index (Phi) is 8.39. The topological polar surface area (TPSA) is 188 Å². The largest absolute Gasteiger partial charge is 0.480 e. The van der Waals surface area contributed by atoms with Crippen LogP contribution in [0, 0.1) is 0 Å². The summed E-state index contributed by atoms with van der Waals surface area (Å²) in [6.45, 7) is 3.83. The molecule has 0 rings (SSSR count). The van der Waals surface area contributed by atoms with Gasteiger partial charge in [0.15, 0.2) is 0 Å². The summed E-state index contributed by atoms with van der Waals surface area (Å²) in [6, 6.07) is -4.61. The second-order valence-corrected chi connectivity index (χ2v) is 5.24. The molecular weight excluding hydrogens is 324 g/mol. The van der Waals surface area contributed by atoms with Gasteiger partial charge >= 0.3 is 11.9 Å². The molecule has 0 spiro atoms. The molecule has 0 aliphatic carbocycles. The summed E-state index contributed by atoms with van der Waals surface area (Å²) in [6.07, 6.45) is -0.468. The summed E-state index contributed by atoms with van der Waals surface area (Å²) in [5.41, 5.74) is 5.49. The van der Waals surface area contributed by atoms with E-state index in [9.17, 15) is 24.0 Å². The number of hydrogen-bond donors (Lipinski definition) is 6. The van der Waals surface area contributed by atoms with E-state index in [0.29, 0.717) is 0 Å². The molecule has 24 heavy (non-hydrogen) atoms. The Balaban J connectivity index is 4.41. The number of nitrogens with two attached hydrogens (primary N) is 1. The average Bonchev–Trinajstić information content (AvgIpc) is 2.46. The Labute approximate surface area is 138 Å². The Morgan fingerprint density at radius 1 is 0.792 bits per heavy atom. The number of carbonyl (C=O) groups is 5. The quantitative estimate of drug-likeness (QED) is 0.262. The summed E-state index contributed by atoms with van der Waals surface area (Å²) in [4.78, 5) is 56.3. The van der Waals surface area contributed by atoms with Gasteiger partial charge in [-0.25, -0.2) is 0 Å². The van der Waals surface area contributed by atoms with Gasteiger partial charge in [-0.3, -0.25) is 24.0 Å². The van der Waals surface area contributed by atoms with Crippen LogP contribution in [0.2, 0.25) is 0 Å². The van der Waals surface area contributed by atoms with Crippen molar-refractivity contribution in [2.75, 3.05) is 0 Å². The lowest BCUT2D eigenvalue weighted by molar-refractivity contribution is -0.141. The van der Waals surface area contributed by atoms with Gasteiger partial charge in [0.1, 0.15) is 18.1 Å². The van der Waals surface area contributed by atoms with Crippen molar-refractivity contribution >= 4 is 29.7 Å². The van der Waals surface area contributed by atoms with E-state index in [1.807, 2.05) is 0 Å². The highest BCUT2D eigenvalue weighted by Gasteiger charge is 2.24. The molecule has 4 atom stereocenters. The van der Waals surface area contributed by atoms with Crippen LogP contribution in [0.25, 0.3) is 0 Å². The van der Waals surface area contributed by atoms with Crippen molar-refractivity contribution in [2.24, 2.45) is 5.73 Å². The highest BCUT2D eigenvalue weighted by molar-refractivity contribution is 5.93. The van der Waals surface area contributed by atoms with E-state index in [4.69, 9.17) is 15.9 Å². The molecule has 0 saturated carbocycles. The molecule has 11 heteroatoms. The Hall–Kier alpha value is -2.69. The highest BCUT2D eigenvalue weighted by Crippen LogP contribution is 1.94. The average molecular weight is 346 g/mol. The highest BCUT2D eigenvalue weighted by atomic mass is 16.4. The molecule has 0 aromatic heterocycles. The van der Waals surface area contributed by atoms with Crippen LogP contribution < -0.4 is 21.7 Å². The van der Waals surface area contributed by atoms with E-state index in [1.54, 1.807) is 0 Å². The second-order valence-electron chi connectivity index (χ2n) is 5.24. The summed E-state index contributed by atoms with van der Waals surface area (Å²) < 4.78 is 0. The smallest absolute Gasteiger partial charge is 0.325 e. The van der Waals surface area contributed by atoms with Gasteiger partial charge in [-0.05, 0) is 20.8 Å². The SMILES string of the molecule is C[C@H](NC(=O)[C@@H](N)CC(=O)N[C@@H](C)C(=O)N[C@H](C)C(=O)O)C(=O)O. The molecule has 0 aromatic rings. The third kappa shape index (κ3) is 7.54. The third-order valence-electron chi connectivity index (χ3n) is 2.97. The molecule has 11 nitrogen and oxygen atoms in total. The number of carbonyl (C=O) groups excluding carboxylic acids is 3. The minimum absolute atomic E-state index is 0.468. The summed E-state index contributed by atoms with van der Waals surface area (Å²) in [5, 5.41) is 23.9. The maximum Gasteiger partial charge on any atom is 0.325 e. The monoisotopic (exact) mass is 346 g/mol. The van der Waals surface area contributed by atoms with E-state index in [2.05, 4.69) is 16.0 Å². The van der Waals surface area contributed by atoms with Gasteiger partial charge in [0.05, 0.1) is 12.5 Å². The Bertz CT molecular complexity index is 478. The Morgan fingerprint density at radius 3 is 1.62 bits per heavy atom. The fraction of sp³-hybridized carbons (Fsp3) is 0.615. The van der Waals surface area contributed by atoms with Crippen LogP contribution in [-0.4, -0.2) is 64.0 Å². The van der Waals surface area contributed by atoms with Crippen LogP contribution >= 0.6 is 0 Å². The van der Waals surface area contributed by atoms with Crippen LogP contribution in [0.1, 0.15) is 27.2 Å². The van der Waals surface area contributed by atoms with Gasteiger partial charge in [-0.2, -0.15) is 0 Å². The van der Waals surface area contributed by atoms with Crippen molar-refractivity contribution < 1.29 is 34.2 Å². The van der Waals surface area contributed by atoms with Gasteiger partial charge < -0.3 is 31.9 Å². The predicted molar refractivity (Wildman–Crippen MR) is 80.7 cm³/mol. The van der Waals surface area contributed by atoms with Gasteiger partial charge in [-0.15, -0.1) is 0 Å². The second kappa shape index (κ2) is 9.45. The predicted octanol–water partition coefficient (Wildman–Crippen LogP) is -2.61. The van der Waals surface area contributed by atoms with Gasteiger partial charge in [-0.1, -0.05) is 0 Å². The van der Waals surface area contributed by atoms with Crippen molar-refractivity contribution in [3.8, 4) is 0 Å². The number of nitrogens with one attached hydrogen (secondary N) is 3. The molecule has 0 heterocycles. The minimum Gasteiger partial charge on any atom is -0.480 e. The van der Waals surface area contributed by atoms with Crippen LogP contribution in [0.4, 0.5) is 0 Å². The normalized spacial score (nSPS) is 15.3. The maximum absolute atomic E-state index is 11.7. The first-order chi connectivity index (χ1) is 11.0. The van der Waals surface area contributed by atoms with Gasteiger partial charge in [0.2, 0.25) is 17.7 Å². The number of carboxylic acid groups (broad SMARTS) is 2. The van der Waals surface area contributed by atoms with E-state index in [1.165, 1.54) is 20.8 Å². The molecule has 0 fully saturated rings. The lowest BCUT2D eigenvalue weighted by atomic mass is 10.1. The van der Waals surface area contributed by atoms with E-state index in [-0.39, 0.29) is 0 Å². The lowest BCUT2D eigenvalue weighted by Gasteiger charge is -2.18. The van der Waals surface area contributed by atoms with Crippen molar-refractivity contribution in [1.29, 1.82) is 0 Å². The third-order valence-corrected chi connectivity index (χ3v) is 2.97. The standard InChI is InChI=1S/C13H22N4O7/c1-5(10(19)16-6(2)12(21)22)15-9(18)4-8(14)11(20)17-7(3)13(23)24/h5-8H,4,14H2,1-3H3,(H,15,18)(H,16,19)(H,17,20)(H,21,22)(H,23,24)/t5-,6+,7-,8-/m0/s1. The van der Waals surface area contributed by atoms with Crippen LogP contribution in [0.15, 0.2) is 0 Å². The molecule has 0 bridgehead atoms. The first kappa shape index (κ1) is 21.3. The molecule has 136 valence electrons. The van der Waals surface area contributed by atoms with Crippen molar-refractivity contribution in [3.63, 3.8) is 0 Å². The maximum atomic E-state index is 11.7. The number of hydrogen-bond acceptors (Lipinski definition) is 6. The fourth-order valence-electron chi connectivity index (χ4n) is 1.44. The van der Waals surface area contributed by atoms with Crippen molar-refractivity contribution in [1.82, 2.24) is 16.0 Å². The molecule has 0 radical (unpaired) electrons. The first-order valence-electron chi connectivity index (χ1n) is 7.07. The van der Waals surface area contributed by atoms with Crippen LogP contribution in [-0.2, 0) is 24.0 Å². The van der Waals surface area contributed by atoms with E-state index in [0.717, 1.165) is 0 Å². The zero-order valence-corrected chi connectivity index (χ0v) is 13.5. The van der Waals surface area contributed by atoms with E-state index >= 15 is 0 Å². The van der Waals surface area contributed by atoms with Crippen molar-refractivity contribution in [3.05, 3.63) is 0 Å². The molecule has 0 unspecified atom stereocenters. The minimum atomic E-state index is -1.29. The van der Waals surface area contributed by atoms with Crippen LogP contribution in [0.5, 0.6) is 0 Å². The number of aliphatic carboxylic acids is 2. The molecule has 0 aliphatic heterocycles. The van der Waals surface area contributed by atoms with Gasteiger partial charge in [0, 0.05) is 0 Å². The number of amides is 3. The van der Waals surface area contributed by atoms with Crippen molar-refractivity contribution in [2.45, 2.75) is 51.4 Å². The number of rotatable bonds is 9. The van der Waals surface area contributed by atoms with Crippen LogP contribution in [0.3, 0.4) is 0 Å². The first-order valence-corrected chi connectivity index (χ1v) is 7.07. The molecule has 3 amide bonds. The lowest BCUT2D eigenvalue weighted by Crippen LogP contribution is -2.52.